The van der Waals surface area contributed by atoms with Crippen LogP contribution in [0.25, 0.3) is 0 Å². The topological polar surface area (TPSA) is 15.3 Å². The van der Waals surface area contributed by atoms with Crippen molar-refractivity contribution in [3.63, 3.8) is 0 Å². The molecule has 20 heavy (non-hydrogen) atoms. The van der Waals surface area contributed by atoms with Gasteiger partial charge < -0.3 is 5.32 Å². The first kappa shape index (κ1) is 15.5. The van der Waals surface area contributed by atoms with Crippen molar-refractivity contribution in [2.75, 3.05) is 19.6 Å². The molecule has 0 bridgehead atoms. The van der Waals surface area contributed by atoms with Gasteiger partial charge in [-0.05, 0) is 44.3 Å². The van der Waals surface area contributed by atoms with E-state index in [9.17, 15) is 0 Å². The smallest absolute Gasteiger partial charge is 0.0475 e. The lowest BCUT2D eigenvalue weighted by Crippen LogP contribution is -2.42. The van der Waals surface area contributed by atoms with Gasteiger partial charge in [0.05, 0.1) is 0 Å². The van der Waals surface area contributed by atoms with Gasteiger partial charge in [-0.3, -0.25) is 4.90 Å². The lowest BCUT2D eigenvalue weighted by molar-refractivity contribution is 0.188. The summed E-state index contributed by atoms with van der Waals surface area (Å²) in [5.41, 5.74) is 3.21. The highest BCUT2D eigenvalue weighted by atomic mass is 15.2. The second kappa shape index (κ2) is 6.28. The van der Waals surface area contributed by atoms with Crippen molar-refractivity contribution in [3.05, 3.63) is 35.4 Å². The molecule has 2 heteroatoms. The molecule has 0 radical (unpaired) electrons. The van der Waals surface area contributed by atoms with Crippen LogP contribution < -0.4 is 5.32 Å². The second-order valence-corrected chi connectivity index (χ2v) is 7.07. The predicted octanol–water partition coefficient (Wildman–Crippen LogP) is 3.77. The third kappa shape index (κ3) is 3.62. The lowest BCUT2D eigenvalue weighted by atomic mass is 9.93. The van der Waals surface area contributed by atoms with E-state index >= 15 is 0 Å². The maximum absolute atomic E-state index is 3.68. The highest BCUT2D eigenvalue weighted by Crippen LogP contribution is 2.33. The fraction of sp³-hybridized carbons (Fsp3) is 0.667. The van der Waals surface area contributed by atoms with Gasteiger partial charge in [0.25, 0.3) is 0 Å². The monoisotopic (exact) mass is 274 g/mol. The number of rotatable bonds is 5. The van der Waals surface area contributed by atoms with Gasteiger partial charge in [0.15, 0.2) is 0 Å². The van der Waals surface area contributed by atoms with Gasteiger partial charge in [0, 0.05) is 18.6 Å². The van der Waals surface area contributed by atoms with Crippen LogP contribution in [0.5, 0.6) is 0 Å². The van der Waals surface area contributed by atoms with E-state index in [0.29, 0.717) is 17.5 Å². The van der Waals surface area contributed by atoms with Gasteiger partial charge >= 0.3 is 0 Å². The van der Waals surface area contributed by atoms with Crippen LogP contribution in [-0.2, 0) is 0 Å². The quantitative estimate of drug-likeness (QED) is 0.879. The van der Waals surface area contributed by atoms with E-state index in [0.717, 1.165) is 6.54 Å². The molecule has 1 saturated heterocycles. The van der Waals surface area contributed by atoms with Crippen molar-refractivity contribution in [3.8, 4) is 0 Å². The zero-order valence-corrected chi connectivity index (χ0v) is 13.7. The van der Waals surface area contributed by atoms with Gasteiger partial charge in [-0.2, -0.15) is 0 Å². The average Bonchev–Trinajstić information content (AvgIpc) is 2.77. The first-order chi connectivity index (χ1) is 9.43. The normalized spacial score (nSPS) is 21.9. The Balaban J connectivity index is 2.14. The van der Waals surface area contributed by atoms with Crippen LogP contribution in [-0.4, -0.2) is 30.6 Å². The number of hydrogen-bond donors (Lipinski definition) is 1. The van der Waals surface area contributed by atoms with E-state index in [1.54, 1.807) is 0 Å². The van der Waals surface area contributed by atoms with Gasteiger partial charge in [0.1, 0.15) is 0 Å². The summed E-state index contributed by atoms with van der Waals surface area (Å²) in [4.78, 5) is 2.65. The van der Waals surface area contributed by atoms with Crippen LogP contribution in [0.4, 0.5) is 0 Å². The van der Waals surface area contributed by atoms with Crippen molar-refractivity contribution < 1.29 is 0 Å². The Hall–Kier alpha value is -0.860. The van der Waals surface area contributed by atoms with Crippen molar-refractivity contribution in [1.29, 1.82) is 0 Å². The molecule has 2 rings (SSSR count). The fourth-order valence-electron chi connectivity index (χ4n) is 3.27. The van der Waals surface area contributed by atoms with Crippen molar-refractivity contribution in [1.82, 2.24) is 10.2 Å². The Morgan fingerprint density at radius 2 is 1.90 bits per heavy atom. The van der Waals surface area contributed by atoms with Crippen LogP contribution in [0.15, 0.2) is 24.3 Å². The molecule has 0 spiro atoms. The second-order valence-electron chi connectivity index (χ2n) is 7.07. The summed E-state index contributed by atoms with van der Waals surface area (Å²) in [5, 5.41) is 3.68. The first-order valence-electron chi connectivity index (χ1n) is 7.97. The molecular weight excluding hydrogens is 244 g/mol. The number of likely N-dealkylation sites (tertiary alicyclic amines) is 1. The maximum Gasteiger partial charge on any atom is 0.0475 e. The average molecular weight is 274 g/mol. The molecule has 1 aromatic rings. The first-order valence-corrected chi connectivity index (χ1v) is 7.97. The van der Waals surface area contributed by atoms with E-state index in [2.05, 4.69) is 69.1 Å². The summed E-state index contributed by atoms with van der Waals surface area (Å²) in [7, 11) is 0. The summed E-state index contributed by atoms with van der Waals surface area (Å²) in [6, 6.07) is 9.97. The number of benzene rings is 1. The Morgan fingerprint density at radius 1 is 1.25 bits per heavy atom. The molecule has 2 nitrogen and oxygen atoms in total. The maximum atomic E-state index is 3.68. The summed E-state index contributed by atoms with van der Waals surface area (Å²) in [6.07, 6.45) is 1.31. The molecule has 0 saturated carbocycles. The molecule has 0 aliphatic carbocycles. The van der Waals surface area contributed by atoms with Gasteiger partial charge in [-0.15, -0.1) is 0 Å². The standard InChI is InChI=1S/C18H30N2/c1-6-19-17(16-9-7-14(2)8-10-16)15(3)20-12-11-18(4,5)13-20/h7-10,15,17,19H,6,11-13H2,1-5H3. The molecule has 1 aliphatic heterocycles. The van der Waals surface area contributed by atoms with E-state index in [-0.39, 0.29) is 0 Å². The number of nitrogens with zero attached hydrogens (tertiary/aromatic N) is 1. The van der Waals surface area contributed by atoms with Gasteiger partial charge in [-0.25, -0.2) is 0 Å². The third-order valence-corrected chi connectivity index (χ3v) is 4.63. The van der Waals surface area contributed by atoms with E-state index in [1.165, 1.54) is 30.6 Å². The Labute approximate surface area is 124 Å². The largest absolute Gasteiger partial charge is 0.309 e. The van der Waals surface area contributed by atoms with Gasteiger partial charge in [-0.1, -0.05) is 50.6 Å². The molecular formula is C18H30N2. The summed E-state index contributed by atoms with van der Waals surface area (Å²) >= 11 is 0. The SMILES string of the molecule is CCNC(c1ccc(C)cc1)C(C)N1CCC(C)(C)C1. The highest BCUT2D eigenvalue weighted by Gasteiger charge is 2.34. The molecule has 0 aromatic heterocycles. The molecule has 2 atom stereocenters. The van der Waals surface area contributed by atoms with E-state index in [4.69, 9.17) is 0 Å². The Bertz CT molecular complexity index is 422. The molecule has 1 N–H and O–H groups in total. The summed E-state index contributed by atoms with van der Waals surface area (Å²) in [6.45, 7) is 14.9. The van der Waals surface area contributed by atoms with Crippen LogP contribution >= 0.6 is 0 Å². The van der Waals surface area contributed by atoms with E-state index < -0.39 is 0 Å². The van der Waals surface area contributed by atoms with Crippen LogP contribution in [0, 0.1) is 12.3 Å². The molecule has 0 amide bonds. The molecule has 1 fully saturated rings. The van der Waals surface area contributed by atoms with Crippen LogP contribution in [0.3, 0.4) is 0 Å². The van der Waals surface area contributed by atoms with Gasteiger partial charge in [0.2, 0.25) is 0 Å². The zero-order chi connectivity index (χ0) is 14.8. The van der Waals surface area contributed by atoms with Crippen molar-refractivity contribution >= 4 is 0 Å². The minimum atomic E-state index is 0.425. The number of hydrogen-bond acceptors (Lipinski definition) is 2. The molecule has 1 heterocycles. The number of likely N-dealkylation sites (N-methyl/N-ethyl adjacent to an activating group) is 1. The molecule has 2 unspecified atom stereocenters. The third-order valence-electron chi connectivity index (χ3n) is 4.63. The minimum absolute atomic E-state index is 0.425. The summed E-state index contributed by atoms with van der Waals surface area (Å²) in [5.74, 6) is 0. The molecule has 112 valence electrons. The zero-order valence-electron chi connectivity index (χ0n) is 13.7. The van der Waals surface area contributed by atoms with Crippen molar-refractivity contribution in [2.24, 2.45) is 5.41 Å². The molecule has 1 aromatic carbocycles. The lowest BCUT2D eigenvalue weighted by Gasteiger charge is -2.33. The van der Waals surface area contributed by atoms with Crippen molar-refractivity contribution in [2.45, 2.75) is 53.1 Å². The number of nitrogens with one attached hydrogen (secondary N) is 1. The van der Waals surface area contributed by atoms with E-state index in [1.807, 2.05) is 0 Å². The van der Waals surface area contributed by atoms with Crippen LogP contribution in [0.1, 0.15) is 51.3 Å². The number of aryl methyl sites for hydroxylation is 1. The minimum Gasteiger partial charge on any atom is -0.309 e. The summed E-state index contributed by atoms with van der Waals surface area (Å²) < 4.78 is 0. The highest BCUT2D eigenvalue weighted by molar-refractivity contribution is 5.25. The Kier molecular flexibility index (Phi) is 4.87. The fourth-order valence-corrected chi connectivity index (χ4v) is 3.27. The Morgan fingerprint density at radius 3 is 2.40 bits per heavy atom. The van der Waals surface area contributed by atoms with Crippen LogP contribution in [0.2, 0.25) is 0 Å². The molecule has 1 aliphatic rings. The predicted molar refractivity (Wildman–Crippen MR) is 87.0 cm³/mol.